The summed E-state index contributed by atoms with van der Waals surface area (Å²) in [5, 5.41) is 3.96. The number of anilines is 1. The van der Waals surface area contributed by atoms with Crippen LogP contribution in [0.15, 0.2) is 12.1 Å². The molecule has 1 N–H and O–H groups in total. The number of hydrogen-bond donors (Lipinski definition) is 1. The standard InChI is InChI=1S/C18H25ClN2O.Y/c1-4-21(9-5-6-10-21)18(7-8-18)17(22)20-16-13(2)11-15(19)12-14(16)3;/h11-12H,4-10H2,1-3H3;/p+1. The molecule has 2 fully saturated rings. The Morgan fingerprint density at radius 2 is 1.74 bits per heavy atom. The van der Waals surface area contributed by atoms with Crippen LogP contribution >= 0.6 is 11.6 Å². The number of hydrogen-bond acceptors (Lipinski definition) is 1. The summed E-state index contributed by atoms with van der Waals surface area (Å²) in [4.78, 5) is 13.1. The molecule has 1 amide bonds. The molecule has 1 radical (unpaired) electrons. The fourth-order valence-electron chi connectivity index (χ4n) is 4.36. The summed E-state index contributed by atoms with van der Waals surface area (Å²) in [6.45, 7) is 9.62. The van der Waals surface area contributed by atoms with Crippen LogP contribution in [0.3, 0.4) is 0 Å². The smallest absolute Gasteiger partial charge is 0.285 e. The van der Waals surface area contributed by atoms with Crippen molar-refractivity contribution in [3.05, 3.63) is 28.3 Å². The van der Waals surface area contributed by atoms with E-state index < -0.39 is 0 Å². The number of nitrogens with one attached hydrogen (secondary N) is 1. The van der Waals surface area contributed by atoms with Crippen molar-refractivity contribution < 1.29 is 42.0 Å². The molecule has 1 saturated carbocycles. The number of carbonyl (C=O) groups is 1. The molecular weight excluding hydrogens is 385 g/mol. The summed E-state index contributed by atoms with van der Waals surface area (Å²) in [6, 6.07) is 3.84. The van der Waals surface area contributed by atoms with E-state index in [1.54, 1.807) is 0 Å². The van der Waals surface area contributed by atoms with E-state index in [9.17, 15) is 4.79 Å². The molecule has 1 heterocycles. The van der Waals surface area contributed by atoms with Gasteiger partial charge in [0, 0.05) is 69.1 Å². The zero-order chi connectivity index (χ0) is 16.0. The number of carbonyl (C=O) groups excluding carboxylic acids is 1. The third-order valence-corrected chi connectivity index (χ3v) is 6.04. The fourth-order valence-corrected chi connectivity index (χ4v) is 4.69. The number of halogens is 1. The molecule has 3 nitrogen and oxygen atoms in total. The SMILES string of the molecule is CC[N+]1(C2(C(=O)Nc3c(C)cc(Cl)cc3C)CC2)CCCC1.[Y]. The number of rotatable bonds is 4. The molecule has 5 heteroatoms. The largest absolute Gasteiger partial charge is 0.320 e. The number of likely N-dealkylation sites (tertiary alicyclic amines) is 1. The van der Waals surface area contributed by atoms with Crippen molar-refractivity contribution in [2.45, 2.75) is 52.0 Å². The van der Waals surface area contributed by atoms with Gasteiger partial charge < -0.3 is 9.80 Å². The minimum Gasteiger partial charge on any atom is -0.320 e. The van der Waals surface area contributed by atoms with E-state index in [-0.39, 0.29) is 44.2 Å². The molecule has 1 aromatic carbocycles. The van der Waals surface area contributed by atoms with Gasteiger partial charge in [-0.1, -0.05) is 11.6 Å². The van der Waals surface area contributed by atoms with E-state index in [1.807, 2.05) is 26.0 Å². The molecule has 3 rings (SSSR count). The van der Waals surface area contributed by atoms with Crippen molar-refractivity contribution >= 4 is 23.2 Å². The molecule has 1 aliphatic carbocycles. The third-order valence-electron chi connectivity index (χ3n) is 5.82. The Bertz CT molecular complexity index is 584. The second-order valence-corrected chi connectivity index (χ2v) is 7.45. The molecule has 23 heavy (non-hydrogen) atoms. The average molecular weight is 411 g/mol. The van der Waals surface area contributed by atoms with Crippen molar-refractivity contribution in [1.82, 2.24) is 0 Å². The van der Waals surface area contributed by atoms with E-state index in [1.165, 1.54) is 12.8 Å². The Morgan fingerprint density at radius 3 is 2.17 bits per heavy atom. The number of nitrogens with zero attached hydrogens (tertiary/aromatic N) is 1. The predicted molar refractivity (Wildman–Crippen MR) is 91.3 cm³/mol. The van der Waals surface area contributed by atoms with Crippen LogP contribution in [0.25, 0.3) is 0 Å². The van der Waals surface area contributed by atoms with Crippen LogP contribution in [0.4, 0.5) is 5.69 Å². The first-order chi connectivity index (χ1) is 10.4. The summed E-state index contributed by atoms with van der Waals surface area (Å²) in [5.41, 5.74) is 2.84. The third kappa shape index (κ3) is 3.27. The minimum absolute atomic E-state index is 0. The summed E-state index contributed by atoms with van der Waals surface area (Å²) in [6.07, 6.45) is 4.56. The monoisotopic (exact) mass is 410 g/mol. The van der Waals surface area contributed by atoms with Gasteiger partial charge in [-0.15, -0.1) is 0 Å². The van der Waals surface area contributed by atoms with Gasteiger partial charge >= 0.3 is 0 Å². The van der Waals surface area contributed by atoms with Crippen molar-refractivity contribution in [3.8, 4) is 0 Å². The van der Waals surface area contributed by atoms with Crippen LogP contribution in [0.5, 0.6) is 0 Å². The maximum atomic E-state index is 13.1. The molecule has 1 saturated heterocycles. The van der Waals surface area contributed by atoms with Crippen molar-refractivity contribution in [2.75, 3.05) is 25.0 Å². The zero-order valence-electron chi connectivity index (χ0n) is 14.4. The molecule has 0 atom stereocenters. The van der Waals surface area contributed by atoms with E-state index in [0.717, 1.165) is 58.8 Å². The molecule has 0 bridgehead atoms. The number of aryl methyl sites for hydroxylation is 2. The number of quaternary nitrogens is 1. The second-order valence-electron chi connectivity index (χ2n) is 7.02. The molecule has 123 valence electrons. The minimum atomic E-state index is -0.177. The summed E-state index contributed by atoms with van der Waals surface area (Å²) < 4.78 is 0.991. The first-order valence-corrected chi connectivity index (χ1v) is 8.76. The van der Waals surface area contributed by atoms with Gasteiger partial charge in [-0.05, 0) is 44.0 Å². The van der Waals surface area contributed by atoms with Gasteiger partial charge in [0.15, 0.2) is 5.54 Å². The van der Waals surface area contributed by atoms with Crippen LogP contribution in [-0.4, -0.2) is 35.6 Å². The maximum Gasteiger partial charge on any atom is 0.285 e. The summed E-state index contributed by atoms with van der Waals surface area (Å²) >= 11 is 6.09. The van der Waals surface area contributed by atoms with Gasteiger partial charge in [-0.3, -0.25) is 4.79 Å². The normalized spacial score (nSPS) is 20.7. The Morgan fingerprint density at radius 1 is 1.22 bits per heavy atom. The number of likely N-dealkylation sites (N-methyl/N-ethyl adjacent to an activating group) is 1. The van der Waals surface area contributed by atoms with Crippen molar-refractivity contribution in [1.29, 1.82) is 0 Å². The number of benzene rings is 1. The molecule has 0 unspecified atom stereocenters. The summed E-state index contributed by atoms with van der Waals surface area (Å²) in [5.74, 6) is 0.213. The van der Waals surface area contributed by atoms with Gasteiger partial charge in [-0.2, -0.15) is 0 Å². The van der Waals surface area contributed by atoms with E-state index in [4.69, 9.17) is 11.6 Å². The van der Waals surface area contributed by atoms with E-state index >= 15 is 0 Å². The van der Waals surface area contributed by atoms with Crippen LogP contribution in [0, 0.1) is 13.8 Å². The van der Waals surface area contributed by atoms with Gasteiger partial charge in [0.05, 0.1) is 19.6 Å². The Balaban J connectivity index is 0.00000192. The van der Waals surface area contributed by atoms with Crippen molar-refractivity contribution in [2.24, 2.45) is 0 Å². The van der Waals surface area contributed by atoms with Crippen LogP contribution in [0.1, 0.15) is 43.7 Å². The fraction of sp³-hybridized carbons (Fsp3) is 0.611. The Kier molecular flexibility index (Phi) is 5.99. The molecular formula is C18H26ClN2OY+. The Labute approximate surface area is 169 Å². The van der Waals surface area contributed by atoms with Crippen LogP contribution in [-0.2, 0) is 37.5 Å². The quantitative estimate of drug-likeness (QED) is 0.745. The van der Waals surface area contributed by atoms with Gasteiger partial charge in [0.25, 0.3) is 5.91 Å². The first-order valence-electron chi connectivity index (χ1n) is 8.38. The molecule has 1 aliphatic heterocycles. The van der Waals surface area contributed by atoms with Gasteiger partial charge in [-0.25, -0.2) is 0 Å². The molecule has 2 aliphatic rings. The topological polar surface area (TPSA) is 29.1 Å². The predicted octanol–water partition coefficient (Wildman–Crippen LogP) is 4.06. The second kappa shape index (κ2) is 7.11. The van der Waals surface area contributed by atoms with Crippen LogP contribution in [0.2, 0.25) is 5.02 Å². The molecule has 1 aromatic rings. The average Bonchev–Trinajstić information content (AvgIpc) is 3.15. The van der Waals surface area contributed by atoms with Crippen molar-refractivity contribution in [3.63, 3.8) is 0 Å². The number of amides is 1. The first kappa shape index (κ1) is 19.4. The van der Waals surface area contributed by atoms with E-state index in [2.05, 4.69) is 12.2 Å². The van der Waals surface area contributed by atoms with E-state index in [0.29, 0.717) is 0 Å². The summed E-state index contributed by atoms with van der Waals surface area (Å²) in [7, 11) is 0. The molecule has 0 spiro atoms. The van der Waals surface area contributed by atoms with Gasteiger partial charge in [0.1, 0.15) is 0 Å². The van der Waals surface area contributed by atoms with Crippen LogP contribution < -0.4 is 5.32 Å². The Hall–Kier alpha value is 0.0439. The van der Waals surface area contributed by atoms with Gasteiger partial charge in [0.2, 0.25) is 0 Å². The maximum absolute atomic E-state index is 13.1. The zero-order valence-corrected chi connectivity index (χ0v) is 18.0. The molecule has 0 aromatic heterocycles.